The summed E-state index contributed by atoms with van der Waals surface area (Å²) in [5, 5.41) is 14.0. The zero-order chi connectivity index (χ0) is 12.7. The molecule has 1 aromatic carbocycles. The summed E-state index contributed by atoms with van der Waals surface area (Å²) in [4.78, 5) is 10.4. The van der Waals surface area contributed by atoms with E-state index in [4.69, 9.17) is 4.74 Å². The van der Waals surface area contributed by atoms with Crippen molar-refractivity contribution in [1.82, 2.24) is 5.32 Å². The molecule has 0 amide bonds. The van der Waals surface area contributed by atoms with Crippen LogP contribution in [-0.4, -0.2) is 24.6 Å². The van der Waals surface area contributed by atoms with E-state index in [9.17, 15) is 10.1 Å². The average Bonchev–Trinajstić information content (AvgIpc) is 2.28. The van der Waals surface area contributed by atoms with Gasteiger partial charge in [-0.15, -0.1) is 0 Å². The molecule has 0 atom stereocenters. The van der Waals surface area contributed by atoms with Crippen molar-refractivity contribution in [3.05, 3.63) is 33.9 Å². The number of rotatable bonds is 7. The molecule has 0 aliphatic heterocycles. The van der Waals surface area contributed by atoms with Crippen molar-refractivity contribution in [2.45, 2.75) is 20.3 Å². The van der Waals surface area contributed by atoms with E-state index in [1.807, 2.05) is 13.8 Å². The number of hydrogen-bond acceptors (Lipinski definition) is 4. The number of aryl methyl sites for hydroxylation is 1. The van der Waals surface area contributed by atoms with Crippen molar-refractivity contribution < 1.29 is 9.66 Å². The van der Waals surface area contributed by atoms with Crippen molar-refractivity contribution >= 4 is 5.69 Å². The summed E-state index contributed by atoms with van der Waals surface area (Å²) in [6, 6.07) is 4.89. The summed E-state index contributed by atoms with van der Waals surface area (Å²) in [5.74, 6) is 0.353. The zero-order valence-electron chi connectivity index (χ0n) is 10.2. The molecule has 0 spiro atoms. The monoisotopic (exact) mass is 238 g/mol. The molecule has 0 aromatic heterocycles. The van der Waals surface area contributed by atoms with Gasteiger partial charge < -0.3 is 10.1 Å². The first-order valence-electron chi connectivity index (χ1n) is 5.73. The van der Waals surface area contributed by atoms with Crippen LogP contribution in [-0.2, 0) is 0 Å². The van der Waals surface area contributed by atoms with Crippen molar-refractivity contribution in [3.8, 4) is 5.75 Å². The van der Waals surface area contributed by atoms with Gasteiger partial charge in [-0.25, -0.2) is 0 Å². The number of hydrogen-bond donors (Lipinski definition) is 1. The van der Waals surface area contributed by atoms with E-state index in [-0.39, 0.29) is 5.69 Å². The highest BCUT2D eigenvalue weighted by Gasteiger charge is 2.14. The highest BCUT2D eigenvalue weighted by atomic mass is 16.6. The van der Waals surface area contributed by atoms with Crippen LogP contribution >= 0.6 is 0 Å². The highest BCUT2D eigenvalue weighted by Crippen LogP contribution is 2.27. The van der Waals surface area contributed by atoms with Gasteiger partial charge in [0, 0.05) is 6.07 Å². The normalized spacial score (nSPS) is 10.2. The fourth-order valence-corrected chi connectivity index (χ4v) is 1.44. The van der Waals surface area contributed by atoms with Crippen LogP contribution in [0.5, 0.6) is 5.75 Å². The van der Waals surface area contributed by atoms with Crippen LogP contribution < -0.4 is 10.1 Å². The third-order valence-electron chi connectivity index (χ3n) is 2.32. The fourth-order valence-electron chi connectivity index (χ4n) is 1.44. The number of nitro groups is 1. The second kappa shape index (κ2) is 6.85. The smallest absolute Gasteiger partial charge is 0.310 e. The van der Waals surface area contributed by atoms with Crippen molar-refractivity contribution in [2.75, 3.05) is 19.7 Å². The van der Waals surface area contributed by atoms with Crippen LogP contribution in [0.4, 0.5) is 5.69 Å². The Morgan fingerprint density at radius 1 is 1.47 bits per heavy atom. The zero-order valence-corrected chi connectivity index (χ0v) is 10.2. The Morgan fingerprint density at radius 3 is 2.88 bits per heavy atom. The van der Waals surface area contributed by atoms with Gasteiger partial charge in [0.2, 0.25) is 0 Å². The van der Waals surface area contributed by atoms with Gasteiger partial charge in [-0.1, -0.05) is 13.0 Å². The van der Waals surface area contributed by atoms with E-state index >= 15 is 0 Å². The van der Waals surface area contributed by atoms with E-state index in [2.05, 4.69) is 5.32 Å². The first-order chi connectivity index (χ1) is 8.15. The van der Waals surface area contributed by atoms with Gasteiger partial charge in [0.1, 0.15) is 0 Å². The quantitative estimate of drug-likeness (QED) is 0.449. The molecule has 1 aromatic rings. The lowest BCUT2D eigenvalue weighted by atomic mass is 10.2. The van der Waals surface area contributed by atoms with E-state index in [0.29, 0.717) is 12.4 Å². The van der Waals surface area contributed by atoms with Crippen LogP contribution in [0.3, 0.4) is 0 Å². The van der Waals surface area contributed by atoms with Gasteiger partial charge in [0.25, 0.3) is 0 Å². The van der Waals surface area contributed by atoms with Crippen LogP contribution in [0.2, 0.25) is 0 Å². The lowest BCUT2D eigenvalue weighted by Crippen LogP contribution is -2.16. The topological polar surface area (TPSA) is 64.4 Å². The molecule has 0 aliphatic carbocycles. The molecule has 5 nitrogen and oxygen atoms in total. The highest BCUT2D eigenvalue weighted by molar-refractivity contribution is 5.48. The molecule has 0 radical (unpaired) electrons. The molecule has 94 valence electrons. The average molecular weight is 238 g/mol. The lowest BCUT2D eigenvalue weighted by Gasteiger charge is -2.07. The third kappa shape index (κ3) is 4.40. The predicted molar refractivity (Wildman–Crippen MR) is 66.5 cm³/mol. The molecule has 0 saturated carbocycles. The van der Waals surface area contributed by atoms with Crippen LogP contribution in [0, 0.1) is 17.0 Å². The summed E-state index contributed by atoms with van der Waals surface area (Å²) in [6.45, 7) is 6.18. The summed E-state index contributed by atoms with van der Waals surface area (Å²) >= 11 is 0. The van der Waals surface area contributed by atoms with Crippen molar-refractivity contribution in [1.29, 1.82) is 0 Å². The van der Waals surface area contributed by atoms with E-state index < -0.39 is 4.92 Å². The first-order valence-corrected chi connectivity index (χ1v) is 5.73. The Balaban J connectivity index is 2.56. The van der Waals surface area contributed by atoms with E-state index in [0.717, 1.165) is 25.1 Å². The minimum Gasteiger partial charge on any atom is -0.487 e. The second-order valence-corrected chi connectivity index (χ2v) is 3.78. The molecule has 0 unspecified atom stereocenters. The molecule has 0 bridgehead atoms. The predicted octanol–water partition coefficient (Wildman–Crippen LogP) is 2.28. The number of nitro benzene ring substituents is 1. The fraction of sp³-hybridized carbons (Fsp3) is 0.500. The minimum atomic E-state index is -0.418. The molecular formula is C12H18N2O3. The van der Waals surface area contributed by atoms with Gasteiger partial charge in [0.05, 0.1) is 11.5 Å². The maximum Gasteiger partial charge on any atom is 0.310 e. The molecule has 17 heavy (non-hydrogen) atoms. The van der Waals surface area contributed by atoms with Crippen LogP contribution in [0.1, 0.15) is 18.9 Å². The minimum absolute atomic E-state index is 0.0269. The van der Waals surface area contributed by atoms with Gasteiger partial charge in [0.15, 0.2) is 5.75 Å². The Labute approximate surface area is 101 Å². The van der Waals surface area contributed by atoms with Crippen molar-refractivity contribution in [2.24, 2.45) is 0 Å². The van der Waals surface area contributed by atoms with Crippen LogP contribution in [0.15, 0.2) is 18.2 Å². The van der Waals surface area contributed by atoms with E-state index in [1.54, 1.807) is 12.1 Å². The van der Waals surface area contributed by atoms with E-state index in [1.165, 1.54) is 6.07 Å². The largest absolute Gasteiger partial charge is 0.487 e. The molecule has 0 fully saturated rings. The molecule has 1 N–H and O–H groups in total. The van der Waals surface area contributed by atoms with Gasteiger partial charge in [-0.05, 0) is 38.1 Å². The third-order valence-corrected chi connectivity index (χ3v) is 2.32. The Kier molecular flexibility index (Phi) is 5.42. The number of benzene rings is 1. The van der Waals surface area contributed by atoms with Gasteiger partial charge >= 0.3 is 5.69 Å². The number of nitrogens with zero attached hydrogens (tertiary/aromatic N) is 1. The van der Waals surface area contributed by atoms with Crippen LogP contribution in [0.25, 0.3) is 0 Å². The maximum atomic E-state index is 10.8. The SMILES string of the molecule is CCNCCCOc1cc(C)ccc1[N+](=O)[O-]. The Hall–Kier alpha value is -1.62. The number of ether oxygens (including phenoxy) is 1. The first kappa shape index (κ1) is 13.4. The molecule has 0 heterocycles. The summed E-state index contributed by atoms with van der Waals surface area (Å²) in [5.41, 5.74) is 0.983. The summed E-state index contributed by atoms with van der Waals surface area (Å²) < 4.78 is 5.44. The lowest BCUT2D eigenvalue weighted by molar-refractivity contribution is -0.385. The maximum absolute atomic E-state index is 10.8. The second-order valence-electron chi connectivity index (χ2n) is 3.78. The summed E-state index contributed by atoms with van der Waals surface area (Å²) in [6.07, 6.45) is 0.832. The molecule has 0 aliphatic rings. The molecule has 1 rings (SSSR count). The Morgan fingerprint density at radius 2 is 2.24 bits per heavy atom. The van der Waals surface area contributed by atoms with Crippen molar-refractivity contribution in [3.63, 3.8) is 0 Å². The summed E-state index contributed by atoms with van der Waals surface area (Å²) in [7, 11) is 0. The molecule has 5 heteroatoms. The Bertz CT molecular complexity index is 380. The molecular weight excluding hydrogens is 220 g/mol. The molecule has 0 saturated heterocycles. The van der Waals surface area contributed by atoms with Gasteiger partial charge in [-0.2, -0.15) is 0 Å². The van der Waals surface area contributed by atoms with Gasteiger partial charge in [-0.3, -0.25) is 10.1 Å². The number of nitrogens with one attached hydrogen (secondary N) is 1. The standard InChI is InChI=1S/C12H18N2O3/c1-3-13-7-4-8-17-12-9-10(2)5-6-11(12)14(15)16/h5-6,9,13H,3-4,7-8H2,1-2H3.